The van der Waals surface area contributed by atoms with Crippen LogP contribution in [0.1, 0.15) is 34.1 Å². The number of anilines is 1. The molecule has 0 fully saturated rings. The number of amides is 1. The number of carboxylic acid groups (broad SMARTS) is 1. The van der Waals surface area contributed by atoms with Gasteiger partial charge in [-0.25, -0.2) is 4.79 Å². The maximum Gasteiger partial charge on any atom is 0.415 e. The number of hydrogen-bond donors (Lipinski definition) is 1. The van der Waals surface area contributed by atoms with Crippen LogP contribution in [0, 0.1) is 0 Å². The lowest BCUT2D eigenvalue weighted by Crippen LogP contribution is -2.43. The molecule has 1 amide bonds. The lowest BCUT2D eigenvalue weighted by atomic mass is 10.1. The van der Waals surface area contributed by atoms with Crippen LogP contribution in [0.3, 0.4) is 0 Å². The molecule has 0 bridgehead atoms. The lowest BCUT2D eigenvalue weighted by Gasteiger charge is -2.30. The van der Waals surface area contributed by atoms with Crippen molar-refractivity contribution in [2.45, 2.75) is 45.8 Å². The van der Waals surface area contributed by atoms with Gasteiger partial charge >= 0.3 is 12.1 Å². The molecule has 23 heavy (non-hydrogen) atoms. The first-order chi connectivity index (χ1) is 10.7. The van der Waals surface area contributed by atoms with Crippen LogP contribution in [0.4, 0.5) is 10.5 Å². The smallest absolute Gasteiger partial charge is 0.415 e. The van der Waals surface area contributed by atoms with Gasteiger partial charge in [-0.1, -0.05) is 18.2 Å². The molecule has 0 saturated carbocycles. The van der Waals surface area contributed by atoms with Gasteiger partial charge in [-0.2, -0.15) is 0 Å². The summed E-state index contributed by atoms with van der Waals surface area (Å²) >= 11 is 1.52. The molecule has 0 radical (unpaired) electrons. The number of nitrogens with zero attached hydrogens (tertiary/aromatic N) is 1. The van der Waals surface area contributed by atoms with Crippen LogP contribution in [-0.2, 0) is 9.53 Å². The van der Waals surface area contributed by atoms with Crippen molar-refractivity contribution in [3.05, 3.63) is 29.6 Å². The summed E-state index contributed by atoms with van der Waals surface area (Å²) in [5.74, 6) is -0.953. The molecule has 1 N–H and O–H groups in total. The number of carbonyl (C=O) groups excluding carboxylic acids is 1. The van der Waals surface area contributed by atoms with Gasteiger partial charge < -0.3 is 9.84 Å². The molecule has 124 valence electrons. The van der Waals surface area contributed by atoms with Gasteiger partial charge in [0.1, 0.15) is 5.60 Å². The van der Waals surface area contributed by atoms with Crippen molar-refractivity contribution < 1.29 is 19.4 Å². The number of rotatable bonds is 4. The van der Waals surface area contributed by atoms with Gasteiger partial charge in [-0.05, 0) is 33.8 Å². The van der Waals surface area contributed by atoms with E-state index in [1.54, 1.807) is 27.7 Å². The quantitative estimate of drug-likeness (QED) is 0.893. The van der Waals surface area contributed by atoms with E-state index >= 15 is 0 Å². The first-order valence-corrected chi connectivity index (χ1v) is 8.27. The molecule has 1 aromatic heterocycles. The molecule has 5 nitrogen and oxygen atoms in total. The van der Waals surface area contributed by atoms with E-state index in [1.807, 2.05) is 29.6 Å². The summed E-state index contributed by atoms with van der Waals surface area (Å²) in [5.41, 5.74) is 0.0398. The second-order valence-electron chi connectivity index (χ2n) is 6.41. The van der Waals surface area contributed by atoms with Gasteiger partial charge in [0.05, 0.1) is 12.1 Å². The molecule has 2 rings (SSSR count). The van der Waals surface area contributed by atoms with Gasteiger partial charge in [0.15, 0.2) is 0 Å². The Bertz CT molecular complexity index is 717. The van der Waals surface area contributed by atoms with Crippen LogP contribution in [0.5, 0.6) is 0 Å². The molecule has 0 unspecified atom stereocenters. The van der Waals surface area contributed by atoms with Crippen LogP contribution in [-0.4, -0.2) is 28.8 Å². The number of carboxylic acids is 1. The van der Waals surface area contributed by atoms with Crippen molar-refractivity contribution in [3.8, 4) is 0 Å². The van der Waals surface area contributed by atoms with Gasteiger partial charge in [0.25, 0.3) is 0 Å². The number of fused-ring (bicyclic) bond motifs is 1. The van der Waals surface area contributed by atoms with Gasteiger partial charge in [0.2, 0.25) is 0 Å². The third-order valence-corrected chi connectivity index (χ3v) is 4.17. The molecular formula is C17H21NO4S. The van der Waals surface area contributed by atoms with E-state index in [4.69, 9.17) is 9.84 Å². The number of aliphatic carboxylic acids is 1. The molecule has 0 aliphatic carbocycles. The Morgan fingerprint density at radius 2 is 1.96 bits per heavy atom. The van der Waals surface area contributed by atoms with Crippen LogP contribution in [0.25, 0.3) is 10.1 Å². The maximum atomic E-state index is 12.6. The summed E-state index contributed by atoms with van der Waals surface area (Å²) in [6, 6.07) is 7.21. The molecule has 0 aliphatic rings. The third-order valence-electron chi connectivity index (χ3n) is 3.22. The van der Waals surface area contributed by atoms with Crippen LogP contribution < -0.4 is 4.90 Å². The number of ether oxygens (including phenoxy) is 1. The summed E-state index contributed by atoms with van der Waals surface area (Å²) in [5, 5.41) is 11.9. The number of carbonyl (C=O) groups is 2. The zero-order valence-electron chi connectivity index (χ0n) is 13.7. The van der Waals surface area contributed by atoms with Crippen molar-refractivity contribution in [2.24, 2.45) is 0 Å². The summed E-state index contributed by atoms with van der Waals surface area (Å²) in [6.07, 6.45) is -0.682. The average molecular weight is 335 g/mol. The second kappa shape index (κ2) is 6.58. The maximum absolute atomic E-state index is 12.6. The van der Waals surface area contributed by atoms with E-state index in [9.17, 15) is 9.59 Å². The monoisotopic (exact) mass is 335 g/mol. The van der Waals surface area contributed by atoms with Crippen molar-refractivity contribution in [3.63, 3.8) is 0 Å². The Kier molecular flexibility index (Phi) is 4.94. The molecule has 1 aromatic carbocycles. The fourth-order valence-electron chi connectivity index (χ4n) is 2.32. The molecular weight excluding hydrogens is 314 g/mol. The fraction of sp³-hybridized carbons (Fsp3) is 0.412. The summed E-state index contributed by atoms with van der Waals surface area (Å²) < 4.78 is 6.51. The van der Waals surface area contributed by atoms with Crippen molar-refractivity contribution in [2.75, 3.05) is 4.90 Å². The Morgan fingerprint density at radius 3 is 2.57 bits per heavy atom. The zero-order chi connectivity index (χ0) is 17.2. The Morgan fingerprint density at radius 1 is 1.30 bits per heavy atom. The van der Waals surface area contributed by atoms with Crippen LogP contribution >= 0.6 is 11.3 Å². The minimum atomic E-state index is -0.953. The predicted molar refractivity (Wildman–Crippen MR) is 92.3 cm³/mol. The molecule has 2 aromatic rings. The summed E-state index contributed by atoms with van der Waals surface area (Å²) in [7, 11) is 0. The highest BCUT2D eigenvalue weighted by Crippen LogP contribution is 2.35. The topological polar surface area (TPSA) is 66.8 Å². The van der Waals surface area contributed by atoms with E-state index in [0.29, 0.717) is 5.69 Å². The Balaban J connectivity index is 2.44. The molecule has 0 saturated heterocycles. The van der Waals surface area contributed by atoms with E-state index in [0.717, 1.165) is 10.1 Å². The summed E-state index contributed by atoms with van der Waals surface area (Å²) in [6.45, 7) is 7.08. The highest BCUT2D eigenvalue weighted by atomic mass is 32.1. The third kappa shape index (κ3) is 4.22. The normalized spacial score (nSPS) is 12.9. The minimum absolute atomic E-state index is 0.149. The molecule has 1 heterocycles. The van der Waals surface area contributed by atoms with Gasteiger partial charge in [0, 0.05) is 21.5 Å². The average Bonchev–Trinajstić information content (AvgIpc) is 2.80. The fourth-order valence-corrected chi connectivity index (χ4v) is 3.26. The molecule has 0 aliphatic heterocycles. The zero-order valence-corrected chi connectivity index (χ0v) is 14.5. The van der Waals surface area contributed by atoms with E-state index < -0.39 is 23.7 Å². The van der Waals surface area contributed by atoms with E-state index in [1.165, 1.54) is 16.2 Å². The van der Waals surface area contributed by atoms with Crippen molar-refractivity contribution in [1.82, 2.24) is 0 Å². The Hall–Kier alpha value is -2.08. The van der Waals surface area contributed by atoms with Crippen molar-refractivity contribution >= 4 is 39.2 Å². The summed E-state index contributed by atoms with van der Waals surface area (Å²) in [4.78, 5) is 25.2. The van der Waals surface area contributed by atoms with Gasteiger partial charge in [-0.15, -0.1) is 11.3 Å². The van der Waals surface area contributed by atoms with Gasteiger partial charge in [-0.3, -0.25) is 9.69 Å². The first-order valence-electron chi connectivity index (χ1n) is 7.39. The lowest BCUT2D eigenvalue weighted by molar-refractivity contribution is -0.137. The van der Waals surface area contributed by atoms with E-state index in [-0.39, 0.29) is 6.42 Å². The number of thiophene rings is 1. The minimum Gasteiger partial charge on any atom is -0.481 e. The van der Waals surface area contributed by atoms with Crippen LogP contribution in [0.2, 0.25) is 0 Å². The molecule has 0 spiro atoms. The first kappa shape index (κ1) is 17.3. The highest BCUT2D eigenvalue weighted by molar-refractivity contribution is 7.17. The number of benzene rings is 1. The SMILES string of the molecule is C[C@H](CC(=O)O)N(C(=O)OC(C)(C)C)c1csc2ccccc12. The predicted octanol–water partition coefficient (Wildman–Crippen LogP) is 4.51. The largest absolute Gasteiger partial charge is 0.481 e. The molecule has 1 atom stereocenters. The Labute approximate surface area is 139 Å². The number of hydrogen-bond acceptors (Lipinski definition) is 4. The second-order valence-corrected chi connectivity index (χ2v) is 7.33. The standard InChI is InChI=1S/C17H21NO4S/c1-11(9-15(19)20)18(16(21)22-17(2,3)4)13-10-23-14-8-6-5-7-12(13)14/h5-8,10-11H,9H2,1-4H3,(H,19,20)/t11-/m1/s1. The highest BCUT2D eigenvalue weighted by Gasteiger charge is 2.30. The van der Waals surface area contributed by atoms with E-state index in [2.05, 4.69) is 0 Å². The van der Waals surface area contributed by atoms with Crippen LogP contribution in [0.15, 0.2) is 29.6 Å². The van der Waals surface area contributed by atoms with Crippen molar-refractivity contribution in [1.29, 1.82) is 0 Å². The molecule has 6 heteroatoms.